The van der Waals surface area contributed by atoms with Crippen molar-refractivity contribution < 1.29 is 4.74 Å². The molecule has 0 radical (unpaired) electrons. The van der Waals surface area contributed by atoms with E-state index in [0.29, 0.717) is 10.9 Å². The van der Waals surface area contributed by atoms with E-state index in [9.17, 15) is 0 Å². The van der Waals surface area contributed by atoms with Gasteiger partial charge in [-0.25, -0.2) is 0 Å². The fourth-order valence-corrected chi connectivity index (χ4v) is 2.01. The van der Waals surface area contributed by atoms with Gasteiger partial charge in [-0.3, -0.25) is 0 Å². The van der Waals surface area contributed by atoms with Crippen molar-refractivity contribution in [3.05, 3.63) is 17.5 Å². The van der Waals surface area contributed by atoms with E-state index < -0.39 is 0 Å². The third kappa shape index (κ3) is 3.33. The monoisotopic (exact) mass is 281 g/mol. The van der Waals surface area contributed by atoms with Gasteiger partial charge in [0.05, 0.1) is 0 Å². The second-order valence-corrected chi connectivity index (χ2v) is 5.12. The topological polar surface area (TPSA) is 64.3 Å². The third-order valence-electron chi connectivity index (χ3n) is 3.04. The maximum absolute atomic E-state index is 5.93. The molecule has 0 amide bonds. The quantitative estimate of drug-likeness (QED) is 0.621. The molecule has 1 N–H and O–H groups in total. The molecule has 2 heterocycles. The molecule has 102 valence electrons. The molecule has 1 fully saturated rings. The minimum absolute atomic E-state index is 0.410. The van der Waals surface area contributed by atoms with Crippen LogP contribution in [0.2, 0.25) is 5.15 Å². The standard InChI is InChI=1S/C12H16ClN5O/c13-10-6-11(18-12(17-10)15-8-16-18)14-4-1-5-19-7-9-2-3-9/h6,8-9,14H,1-5,7H2. The van der Waals surface area contributed by atoms with Crippen LogP contribution in [0, 0.1) is 5.92 Å². The van der Waals surface area contributed by atoms with Crippen LogP contribution in [0.25, 0.3) is 5.78 Å². The smallest absolute Gasteiger partial charge is 0.255 e. The van der Waals surface area contributed by atoms with Crippen LogP contribution in [0.3, 0.4) is 0 Å². The van der Waals surface area contributed by atoms with Crippen molar-refractivity contribution in [1.29, 1.82) is 0 Å². The molecule has 0 spiro atoms. The van der Waals surface area contributed by atoms with E-state index in [1.807, 2.05) is 0 Å². The Labute approximate surface area is 116 Å². The molecule has 2 aromatic heterocycles. The van der Waals surface area contributed by atoms with Crippen molar-refractivity contribution in [1.82, 2.24) is 19.6 Å². The zero-order valence-corrected chi connectivity index (χ0v) is 11.3. The fraction of sp³-hybridized carbons (Fsp3) is 0.583. The molecule has 6 nitrogen and oxygen atoms in total. The minimum atomic E-state index is 0.410. The van der Waals surface area contributed by atoms with Gasteiger partial charge in [0.2, 0.25) is 0 Å². The number of hydrogen-bond acceptors (Lipinski definition) is 5. The van der Waals surface area contributed by atoms with Crippen LogP contribution >= 0.6 is 11.6 Å². The average Bonchev–Trinajstić information content (AvgIpc) is 3.09. The van der Waals surface area contributed by atoms with Crippen molar-refractivity contribution >= 4 is 23.2 Å². The summed E-state index contributed by atoms with van der Waals surface area (Å²) in [5.41, 5.74) is 0. The minimum Gasteiger partial charge on any atom is -0.381 e. The molecule has 0 aliphatic heterocycles. The highest BCUT2D eigenvalue weighted by Crippen LogP contribution is 2.28. The normalized spacial score (nSPS) is 15.0. The van der Waals surface area contributed by atoms with Crippen molar-refractivity contribution in [2.24, 2.45) is 5.92 Å². The summed E-state index contributed by atoms with van der Waals surface area (Å²) in [6.45, 7) is 2.50. The summed E-state index contributed by atoms with van der Waals surface area (Å²) in [5.74, 6) is 2.12. The molecule has 7 heteroatoms. The zero-order valence-electron chi connectivity index (χ0n) is 10.5. The molecule has 2 aromatic rings. The molecule has 0 aromatic carbocycles. The van der Waals surface area contributed by atoms with Gasteiger partial charge in [0.25, 0.3) is 5.78 Å². The molecule has 1 aliphatic rings. The van der Waals surface area contributed by atoms with Gasteiger partial charge in [0.15, 0.2) is 0 Å². The number of fused-ring (bicyclic) bond motifs is 1. The van der Waals surface area contributed by atoms with Crippen LogP contribution in [-0.4, -0.2) is 39.3 Å². The fourth-order valence-electron chi connectivity index (χ4n) is 1.83. The first kappa shape index (κ1) is 12.6. The largest absolute Gasteiger partial charge is 0.381 e. The van der Waals surface area contributed by atoms with Crippen LogP contribution in [0.4, 0.5) is 5.82 Å². The second-order valence-electron chi connectivity index (χ2n) is 4.73. The highest BCUT2D eigenvalue weighted by molar-refractivity contribution is 6.29. The molecular formula is C12H16ClN5O. The van der Waals surface area contributed by atoms with Crippen molar-refractivity contribution in [2.45, 2.75) is 19.3 Å². The highest BCUT2D eigenvalue weighted by Gasteiger charge is 2.20. The summed E-state index contributed by atoms with van der Waals surface area (Å²) < 4.78 is 7.21. The number of halogens is 1. The molecule has 0 unspecified atom stereocenters. The molecule has 1 aliphatic carbocycles. The lowest BCUT2D eigenvalue weighted by Crippen LogP contribution is -2.10. The summed E-state index contributed by atoms with van der Waals surface area (Å²) in [6, 6.07) is 1.74. The third-order valence-corrected chi connectivity index (χ3v) is 3.24. The molecule has 0 saturated heterocycles. The summed E-state index contributed by atoms with van der Waals surface area (Å²) in [5, 5.41) is 7.78. The average molecular weight is 282 g/mol. The highest BCUT2D eigenvalue weighted by atomic mass is 35.5. The SMILES string of the molecule is Clc1cc(NCCCOCC2CC2)n2ncnc2n1. The van der Waals surface area contributed by atoms with Gasteiger partial charge in [-0.05, 0) is 25.2 Å². The van der Waals surface area contributed by atoms with Gasteiger partial charge in [-0.1, -0.05) is 11.6 Å². The first-order chi connectivity index (χ1) is 9.33. The van der Waals surface area contributed by atoms with Crippen molar-refractivity contribution in [3.8, 4) is 0 Å². The lowest BCUT2D eigenvalue weighted by molar-refractivity contribution is 0.124. The molecule has 0 bridgehead atoms. The maximum Gasteiger partial charge on any atom is 0.255 e. The number of hydrogen-bond donors (Lipinski definition) is 1. The van der Waals surface area contributed by atoms with Gasteiger partial charge in [0.1, 0.15) is 17.3 Å². The molecular weight excluding hydrogens is 266 g/mol. The molecule has 0 atom stereocenters. The van der Waals surface area contributed by atoms with Crippen molar-refractivity contribution in [2.75, 3.05) is 25.1 Å². The Bertz CT molecular complexity index is 554. The predicted molar refractivity (Wildman–Crippen MR) is 72.4 cm³/mol. The van der Waals surface area contributed by atoms with E-state index in [-0.39, 0.29) is 0 Å². The maximum atomic E-state index is 5.93. The van der Waals surface area contributed by atoms with E-state index in [2.05, 4.69) is 20.4 Å². The van der Waals surface area contributed by atoms with E-state index >= 15 is 0 Å². The van der Waals surface area contributed by atoms with Crippen LogP contribution in [0.5, 0.6) is 0 Å². The predicted octanol–water partition coefficient (Wildman–Crippen LogP) is 2.01. The van der Waals surface area contributed by atoms with Gasteiger partial charge in [0, 0.05) is 25.8 Å². The van der Waals surface area contributed by atoms with Gasteiger partial charge in [-0.15, -0.1) is 0 Å². The Morgan fingerprint density at radius 3 is 3.21 bits per heavy atom. The van der Waals surface area contributed by atoms with Crippen molar-refractivity contribution in [3.63, 3.8) is 0 Å². The lowest BCUT2D eigenvalue weighted by atomic mass is 10.4. The second kappa shape index (κ2) is 5.71. The summed E-state index contributed by atoms with van der Waals surface area (Å²) in [7, 11) is 0. The van der Waals surface area contributed by atoms with E-state index in [0.717, 1.165) is 37.9 Å². The van der Waals surface area contributed by atoms with Crippen LogP contribution in [0.15, 0.2) is 12.4 Å². The van der Waals surface area contributed by atoms with Crippen LogP contribution in [-0.2, 0) is 4.74 Å². The Morgan fingerprint density at radius 2 is 2.37 bits per heavy atom. The first-order valence-electron chi connectivity index (χ1n) is 6.51. The Kier molecular flexibility index (Phi) is 3.79. The van der Waals surface area contributed by atoms with E-state index in [1.54, 1.807) is 10.6 Å². The van der Waals surface area contributed by atoms with Gasteiger partial charge in [-0.2, -0.15) is 19.6 Å². The van der Waals surface area contributed by atoms with Crippen LogP contribution in [0.1, 0.15) is 19.3 Å². The summed E-state index contributed by atoms with van der Waals surface area (Å²) in [4.78, 5) is 8.09. The zero-order chi connectivity index (χ0) is 13.1. The number of ether oxygens (including phenoxy) is 1. The molecule has 3 rings (SSSR count). The molecule has 19 heavy (non-hydrogen) atoms. The Morgan fingerprint density at radius 1 is 1.47 bits per heavy atom. The number of rotatable bonds is 7. The number of nitrogens with zero attached hydrogens (tertiary/aromatic N) is 4. The first-order valence-corrected chi connectivity index (χ1v) is 6.88. The van der Waals surface area contributed by atoms with E-state index in [4.69, 9.17) is 16.3 Å². The van der Waals surface area contributed by atoms with Gasteiger partial charge >= 0.3 is 0 Å². The Hall–Kier alpha value is -1.40. The lowest BCUT2D eigenvalue weighted by Gasteiger charge is -2.08. The number of aromatic nitrogens is 4. The Balaban J connectivity index is 1.48. The summed E-state index contributed by atoms with van der Waals surface area (Å²) in [6.07, 6.45) is 5.07. The molecule has 1 saturated carbocycles. The number of anilines is 1. The number of nitrogens with one attached hydrogen (secondary N) is 1. The van der Waals surface area contributed by atoms with Crippen LogP contribution < -0.4 is 5.32 Å². The van der Waals surface area contributed by atoms with E-state index in [1.165, 1.54) is 19.2 Å². The van der Waals surface area contributed by atoms with Gasteiger partial charge < -0.3 is 10.1 Å². The summed E-state index contributed by atoms with van der Waals surface area (Å²) >= 11 is 5.93.